The van der Waals surface area contributed by atoms with E-state index < -0.39 is 0 Å². The van der Waals surface area contributed by atoms with Crippen molar-refractivity contribution in [1.29, 1.82) is 0 Å². The zero-order valence-corrected chi connectivity index (χ0v) is 13.0. The number of hydrogen-bond acceptors (Lipinski definition) is 2. The van der Waals surface area contributed by atoms with Crippen molar-refractivity contribution in [2.24, 2.45) is 11.8 Å². The zero-order valence-electron chi connectivity index (χ0n) is 13.0. The van der Waals surface area contributed by atoms with Crippen LogP contribution < -0.4 is 5.32 Å². The molecule has 22 heavy (non-hydrogen) atoms. The fraction of sp³-hybridized carbons (Fsp3) is 0.450. The second-order valence-corrected chi connectivity index (χ2v) is 6.81. The fourth-order valence-corrected chi connectivity index (χ4v) is 4.61. The topological polar surface area (TPSA) is 24.9 Å². The van der Waals surface area contributed by atoms with Gasteiger partial charge in [-0.25, -0.2) is 0 Å². The van der Waals surface area contributed by atoms with Gasteiger partial charge in [-0.05, 0) is 47.9 Å². The smallest absolute Gasteiger partial charge is 0.0271 e. The van der Waals surface area contributed by atoms with Crippen LogP contribution in [0, 0.1) is 11.8 Å². The number of nitrogens with zero attached hydrogens (tertiary/aromatic N) is 1. The molecule has 0 amide bonds. The Kier molecular flexibility index (Phi) is 3.94. The molecule has 2 saturated carbocycles. The van der Waals surface area contributed by atoms with Gasteiger partial charge in [0.15, 0.2) is 0 Å². The van der Waals surface area contributed by atoms with Crippen LogP contribution in [0.3, 0.4) is 0 Å². The standard InChI is InChI=1S/C20H24N2/c1-2-6-16(7-3-1)19-17-8-4-5-9-18(17)20(19)22-14-15-10-12-21-13-11-15/h1-3,6-7,10-13,17-20,22H,4-5,8-9,14H2/t17-,18-,19-,20-/m0/s1. The van der Waals surface area contributed by atoms with Crippen LogP contribution in [-0.2, 0) is 6.54 Å². The Morgan fingerprint density at radius 3 is 2.41 bits per heavy atom. The van der Waals surface area contributed by atoms with Crippen molar-refractivity contribution in [1.82, 2.24) is 10.3 Å². The molecule has 2 aliphatic rings. The van der Waals surface area contributed by atoms with Crippen LogP contribution in [0.25, 0.3) is 0 Å². The van der Waals surface area contributed by atoms with Crippen LogP contribution in [0.4, 0.5) is 0 Å². The SMILES string of the molecule is c1ccc([C@H]2[C@H]3CCCC[C@@H]3[C@@H]2NCc2ccncc2)cc1. The third kappa shape index (κ3) is 2.56. The molecule has 4 rings (SSSR count). The van der Waals surface area contributed by atoms with E-state index >= 15 is 0 Å². The maximum atomic E-state index is 4.11. The molecule has 2 nitrogen and oxygen atoms in total. The number of rotatable bonds is 4. The summed E-state index contributed by atoms with van der Waals surface area (Å²) in [4.78, 5) is 4.11. The maximum absolute atomic E-state index is 4.11. The fourth-order valence-electron chi connectivity index (χ4n) is 4.61. The highest BCUT2D eigenvalue weighted by Gasteiger charge is 2.50. The Hall–Kier alpha value is -1.67. The van der Waals surface area contributed by atoms with E-state index in [0.717, 1.165) is 18.4 Å². The Morgan fingerprint density at radius 2 is 1.64 bits per heavy atom. The molecule has 2 aromatic rings. The van der Waals surface area contributed by atoms with Crippen molar-refractivity contribution < 1.29 is 0 Å². The van der Waals surface area contributed by atoms with E-state index in [-0.39, 0.29) is 0 Å². The molecule has 0 bridgehead atoms. The van der Waals surface area contributed by atoms with Gasteiger partial charge in [-0.15, -0.1) is 0 Å². The summed E-state index contributed by atoms with van der Waals surface area (Å²) in [5.74, 6) is 2.47. The molecule has 4 atom stereocenters. The molecule has 0 unspecified atom stereocenters. The summed E-state index contributed by atoms with van der Waals surface area (Å²) in [7, 11) is 0. The van der Waals surface area contributed by atoms with Gasteiger partial charge < -0.3 is 5.32 Å². The quantitative estimate of drug-likeness (QED) is 0.916. The van der Waals surface area contributed by atoms with E-state index in [1.807, 2.05) is 12.4 Å². The highest BCUT2D eigenvalue weighted by atomic mass is 15.0. The molecule has 2 heteroatoms. The largest absolute Gasteiger partial charge is 0.309 e. The molecule has 114 valence electrons. The highest BCUT2D eigenvalue weighted by Crippen LogP contribution is 2.54. The molecule has 1 N–H and O–H groups in total. The van der Waals surface area contributed by atoms with E-state index in [2.05, 4.69) is 52.8 Å². The third-order valence-corrected chi connectivity index (χ3v) is 5.66. The van der Waals surface area contributed by atoms with Crippen LogP contribution in [0.1, 0.15) is 42.7 Å². The minimum absolute atomic E-state index is 0.640. The average Bonchev–Trinajstić information content (AvgIpc) is 2.58. The number of pyridine rings is 1. The van der Waals surface area contributed by atoms with Crippen molar-refractivity contribution in [2.75, 3.05) is 0 Å². The van der Waals surface area contributed by atoms with Gasteiger partial charge in [-0.2, -0.15) is 0 Å². The minimum atomic E-state index is 0.640. The van der Waals surface area contributed by atoms with Gasteiger partial charge in [0.2, 0.25) is 0 Å². The van der Waals surface area contributed by atoms with Gasteiger partial charge in [-0.3, -0.25) is 4.98 Å². The van der Waals surface area contributed by atoms with Crippen LogP contribution in [0.2, 0.25) is 0 Å². The van der Waals surface area contributed by atoms with Crippen LogP contribution in [0.5, 0.6) is 0 Å². The second-order valence-electron chi connectivity index (χ2n) is 6.81. The molecular weight excluding hydrogens is 268 g/mol. The molecule has 1 aromatic carbocycles. The van der Waals surface area contributed by atoms with Gasteiger partial charge in [0.1, 0.15) is 0 Å². The molecule has 2 aliphatic carbocycles. The number of aromatic nitrogens is 1. The lowest BCUT2D eigenvalue weighted by Crippen LogP contribution is -2.57. The van der Waals surface area contributed by atoms with Gasteiger partial charge in [-0.1, -0.05) is 43.2 Å². The first-order valence-corrected chi connectivity index (χ1v) is 8.61. The van der Waals surface area contributed by atoms with Crippen molar-refractivity contribution in [3.8, 4) is 0 Å². The van der Waals surface area contributed by atoms with Gasteiger partial charge in [0.25, 0.3) is 0 Å². The number of fused-ring (bicyclic) bond motifs is 1. The predicted octanol–water partition coefficient (Wildman–Crippen LogP) is 4.14. The minimum Gasteiger partial charge on any atom is -0.309 e. The molecule has 0 radical (unpaired) electrons. The molecule has 0 spiro atoms. The molecule has 0 aliphatic heterocycles. The van der Waals surface area contributed by atoms with Crippen LogP contribution in [0.15, 0.2) is 54.9 Å². The van der Waals surface area contributed by atoms with Crippen LogP contribution in [-0.4, -0.2) is 11.0 Å². The number of nitrogens with one attached hydrogen (secondary N) is 1. The van der Waals surface area contributed by atoms with Gasteiger partial charge in [0, 0.05) is 30.9 Å². The Balaban J connectivity index is 1.50. The van der Waals surface area contributed by atoms with Crippen molar-refractivity contribution in [2.45, 2.75) is 44.2 Å². The molecule has 2 fully saturated rings. The summed E-state index contributed by atoms with van der Waals surface area (Å²) in [5.41, 5.74) is 2.86. The lowest BCUT2D eigenvalue weighted by molar-refractivity contribution is 0.0254. The van der Waals surface area contributed by atoms with Crippen molar-refractivity contribution in [3.05, 3.63) is 66.0 Å². The lowest BCUT2D eigenvalue weighted by atomic mass is 9.53. The van der Waals surface area contributed by atoms with E-state index in [1.54, 1.807) is 0 Å². The third-order valence-electron chi connectivity index (χ3n) is 5.66. The first kappa shape index (κ1) is 14.0. The predicted molar refractivity (Wildman–Crippen MR) is 89.5 cm³/mol. The van der Waals surface area contributed by atoms with E-state index in [9.17, 15) is 0 Å². The van der Waals surface area contributed by atoms with Gasteiger partial charge >= 0.3 is 0 Å². The van der Waals surface area contributed by atoms with E-state index in [4.69, 9.17) is 0 Å². The van der Waals surface area contributed by atoms with Crippen LogP contribution >= 0.6 is 0 Å². The number of benzene rings is 1. The summed E-state index contributed by atoms with van der Waals surface area (Å²) in [5, 5.41) is 3.86. The molecule has 1 aromatic heterocycles. The summed E-state index contributed by atoms with van der Waals surface area (Å²) >= 11 is 0. The van der Waals surface area contributed by atoms with Crippen molar-refractivity contribution >= 4 is 0 Å². The summed E-state index contributed by atoms with van der Waals surface area (Å²) in [6.07, 6.45) is 9.42. The number of hydrogen-bond donors (Lipinski definition) is 1. The lowest BCUT2D eigenvalue weighted by Gasteiger charge is -2.55. The molecule has 1 heterocycles. The normalized spacial score (nSPS) is 30.4. The Morgan fingerprint density at radius 1 is 0.909 bits per heavy atom. The molecule has 0 saturated heterocycles. The Bertz CT molecular complexity index is 596. The monoisotopic (exact) mass is 292 g/mol. The Labute approximate surface area is 133 Å². The molecular formula is C20H24N2. The van der Waals surface area contributed by atoms with E-state index in [1.165, 1.54) is 36.8 Å². The first-order chi connectivity index (χ1) is 10.9. The summed E-state index contributed by atoms with van der Waals surface area (Å²) in [6, 6.07) is 16.0. The second kappa shape index (κ2) is 6.21. The van der Waals surface area contributed by atoms with E-state index in [0.29, 0.717) is 12.0 Å². The highest BCUT2D eigenvalue weighted by molar-refractivity contribution is 5.28. The van der Waals surface area contributed by atoms with Crippen molar-refractivity contribution in [3.63, 3.8) is 0 Å². The summed E-state index contributed by atoms with van der Waals surface area (Å²) in [6.45, 7) is 0.958. The summed E-state index contributed by atoms with van der Waals surface area (Å²) < 4.78 is 0. The maximum Gasteiger partial charge on any atom is 0.0271 e. The average molecular weight is 292 g/mol. The zero-order chi connectivity index (χ0) is 14.8. The first-order valence-electron chi connectivity index (χ1n) is 8.61. The van der Waals surface area contributed by atoms with Gasteiger partial charge in [0.05, 0.1) is 0 Å².